The maximum atomic E-state index is 12.0. The number of benzene rings is 1. The third-order valence-corrected chi connectivity index (χ3v) is 7.19. The third kappa shape index (κ3) is 6.85. The second-order valence-electron chi connectivity index (χ2n) is 10.4. The van der Waals surface area contributed by atoms with E-state index in [0.29, 0.717) is 37.6 Å². The number of hydrogen-bond donors (Lipinski definition) is 2. The second-order valence-corrected chi connectivity index (χ2v) is 10.4. The lowest BCUT2D eigenvalue weighted by molar-refractivity contribution is -0.137. The van der Waals surface area contributed by atoms with E-state index in [1.807, 2.05) is 0 Å². The van der Waals surface area contributed by atoms with Gasteiger partial charge in [0.15, 0.2) is 6.29 Å². The Morgan fingerprint density at radius 3 is 2.45 bits per heavy atom. The molecule has 1 spiro atoms. The Morgan fingerprint density at radius 2 is 1.88 bits per heavy atom. The molecular formula is C26H40N2O5. The Bertz CT molecular complexity index is 773. The van der Waals surface area contributed by atoms with Gasteiger partial charge in [0.1, 0.15) is 12.2 Å². The van der Waals surface area contributed by atoms with Crippen LogP contribution in [0.1, 0.15) is 64.4 Å². The van der Waals surface area contributed by atoms with Crippen LogP contribution in [0.3, 0.4) is 0 Å². The summed E-state index contributed by atoms with van der Waals surface area (Å²) in [5.41, 5.74) is 0.0198. The zero-order valence-corrected chi connectivity index (χ0v) is 20.5. The van der Waals surface area contributed by atoms with Crippen molar-refractivity contribution in [1.29, 1.82) is 0 Å². The molecule has 2 aliphatic heterocycles. The number of hydrogen-bond acceptors (Lipinski definition) is 6. The summed E-state index contributed by atoms with van der Waals surface area (Å²) in [5, 5.41) is 11.7. The quantitative estimate of drug-likeness (QED) is 0.657. The molecule has 1 aliphatic carbocycles. The average Bonchev–Trinajstić information content (AvgIpc) is 3.01. The van der Waals surface area contributed by atoms with Gasteiger partial charge >= 0.3 is 0 Å². The van der Waals surface area contributed by atoms with E-state index in [4.69, 9.17) is 14.6 Å². The predicted octanol–water partition coefficient (Wildman–Crippen LogP) is 2.66. The molecule has 2 heterocycles. The summed E-state index contributed by atoms with van der Waals surface area (Å²) in [6.45, 7) is 6.50. The van der Waals surface area contributed by atoms with Crippen molar-refractivity contribution in [2.24, 2.45) is 0 Å². The van der Waals surface area contributed by atoms with E-state index >= 15 is 0 Å². The Hall–Kier alpha value is -1.80. The standard InChI is InChI=1S/C22H32N2O3.C4H8O2/c1-16-12-22(15-26-14-21(25)23-22)20(24(16)2)13-27-19-10-8-18(9-11-19)17-6-4-3-5-7-17;1-4(2,6)3-5/h3-7,16,18-20H,8-15H2,1-2H3,(H,23,25);3,6H,1-2H3. The van der Waals surface area contributed by atoms with Gasteiger partial charge < -0.3 is 24.7 Å². The van der Waals surface area contributed by atoms with Gasteiger partial charge in [-0.1, -0.05) is 30.3 Å². The lowest BCUT2D eigenvalue weighted by Gasteiger charge is -2.41. The van der Waals surface area contributed by atoms with Gasteiger partial charge in [-0.2, -0.15) is 0 Å². The van der Waals surface area contributed by atoms with E-state index in [9.17, 15) is 9.59 Å². The summed E-state index contributed by atoms with van der Waals surface area (Å²) in [6, 6.07) is 11.4. The molecular weight excluding hydrogens is 420 g/mol. The van der Waals surface area contributed by atoms with Crippen LogP contribution >= 0.6 is 0 Å². The molecule has 1 saturated carbocycles. The predicted molar refractivity (Wildman–Crippen MR) is 127 cm³/mol. The summed E-state index contributed by atoms with van der Waals surface area (Å²) in [5.74, 6) is 0.662. The Morgan fingerprint density at radius 1 is 1.24 bits per heavy atom. The summed E-state index contributed by atoms with van der Waals surface area (Å²) in [7, 11) is 2.14. The van der Waals surface area contributed by atoms with E-state index < -0.39 is 5.60 Å². The maximum Gasteiger partial charge on any atom is 0.246 e. The summed E-state index contributed by atoms with van der Waals surface area (Å²) < 4.78 is 12.0. The summed E-state index contributed by atoms with van der Waals surface area (Å²) in [4.78, 5) is 23.9. The van der Waals surface area contributed by atoms with Crippen molar-refractivity contribution >= 4 is 12.2 Å². The first-order valence-electron chi connectivity index (χ1n) is 12.1. The molecule has 3 fully saturated rings. The number of nitrogens with zero attached hydrogens (tertiary/aromatic N) is 1. The van der Waals surface area contributed by atoms with Gasteiger partial charge in [0, 0.05) is 6.04 Å². The minimum absolute atomic E-state index is 0.00267. The van der Waals surface area contributed by atoms with Crippen LogP contribution < -0.4 is 5.32 Å². The zero-order valence-electron chi connectivity index (χ0n) is 20.5. The van der Waals surface area contributed by atoms with Crippen LogP contribution in [0.5, 0.6) is 0 Å². The molecule has 3 aliphatic rings. The molecule has 1 aromatic rings. The van der Waals surface area contributed by atoms with Gasteiger partial charge in [-0.25, -0.2) is 0 Å². The number of likely N-dealkylation sites (N-methyl/N-ethyl adjacent to an activating group) is 1. The van der Waals surface area contributed by atoms with Gasteiger partial charge in [-0.05, 0) is 71.4 Å². The molecule has 33 heavy (non-hydrogen) atoms. The number of ether oxygens (including phenoxy) is 2. The number of likely N-dealkylation sites (tertiary alicyclic amines) is 1. The first kappa shape index (κ1) is 25.8. The van der Waals surface area contributed by atoms with Crippen molar-refractivity contribution in [2.75, 3.05) is 26.9 Å². The highest BCUT2D eigenvalue weighted by Gasteiger charge is 2.52. The molecule has 0 bridgehead atoms. The molecule has 7 heteroatoms. The Labute approximate surface area is 197 Å². The number of aldehydes is 1. The van der Waals surface area contributed by atoms with Gasteiger partial charge in [-0.15, -0.1) is 0 Å². The van der Waals surface area contributed by atoms with Crippen molar-refractivity contribution in [1.82, 2.24) is 10.2 Å². The van der Waals surface area contributed by atoms with Crippen molar-refractivity contribution in [2.45, 2.75) is 88.1 Å². The molecule has 3 atom stereocenters. The Kier molecular flexibility index (Phi) is 8.67. The molecule has 0 radical (unpaired) electrons. The van der Waals surface area contributed by atoms with E-state index in [1.54, 1.807) is 0 Å². The minimum Gasteiger partial charge on any atom is -0.383 e. The van der Waals surface area contributed by atoms with Crippen LogP contribution in [0, 0.1) is 0 Å². The topological polar surface area (TPSA) is 88.1 Å². The third-order valence-electron chi connectivity index (χ3n) is 7.19. The van der Waals surface area contributed by atoms with Crippen LogP contribution in [0.25, 0.3) is 0 Å². The number of carbonyl (C=O) groups excluding carboxylic acids is 2. The first-order chi connectivity index (χ1) is 15.6. The highest BCUT2D eigenvalue weighted by Crippen LogP contribution is 2.37. The number of aliphatic hydroxyl groups is 1. The van der Waals surface area contributed by atoms with Crippen LogP contribution in [0.4, 0.5) is 0 Å². The minimum atomic E-state index is -1.14. The molecule has 1 amide bonds. The largest absolute Gasteiger partial charge is 0.383 e. The highest BCUT2D eigenvalue weighted by molar-refractivity contribution is 5.79. The molecule has 0 aromatic heterocycles. The van der Waals surface area contributed by atoms with E-state index in [0.717, 1.165) is 19.3 Å². The number of carbonyl (C=O) groups is 2. The number of amides is 1. The summed E-state index contributed by atoms with van der Waals surface area (Å²) >= 11 is 0. The van der Waals surface area contributed by atoms with Gasteiger partial charge in [0.05, 0.1) is 30.9 Å². The van der Waals surface area contributed by atoms with Crippen molar-refractivity contribution in [3.05, 3.63) is 35.9 Å². The maximum absolute atomic E-state index is 12.0. The first-order valence-corrected chi connectivity index (χ1v) is 12.1. The van der Waals surface area contributed by atoms with Crippen molar-refractivity contribution < 1.29 is 24.2 Å². The highest BCUT2D eigenvalue weighted by atomic mass is 16.5. The van der Waals surface area contributed by atoms with Crippen LogP contribution in [-0.4, -0.2) is 78.4 Å². The van der Waals surface area contributed by atoms with E-state index in [1.165, 1.54) is 32.3 Å². The monoisotopic (exact) mass is 460 g/mol. The Balaban J connectivity index is 0.000000454. The molecule has 1 aromatic carbocycles. The fourth-order valence-electron chi connectivity index (χ4n) is 5.26. The SMILES string of the molecule is CC(C)(O)C=O.CC1CC2(COCC(=O)N2)C(COC2CCC(c3ccccc3)CC2)N1C. The molecule has 4 rings (SSSR count). The van der Waals surface area contributed by atoms with Crippen LogP contribution in [0.2, 0.25) is 0 Å². The van der Waals surface area contributed by atoms with E-state index in [-0.39, 0.29) is 24.1 Å². The number of morpholine rings is 1. The number of nitrogens with one attached hydrogen (secondary N) is 1. The zero-order chi connectivity index (χ0) is 24.1. The number of rotatable bonds is 5. The molecule has 7 nitrogen and oxygen atoms in total. The average molecular weight is 461 g/mol. The van der Waals surface area contributed by atoms with Gasteiger partial charge in [0.2, 0.25) is 5.91 Å². The second kappa shape index (κ2) is 11.1. The smallest absolute Gasteiger partial charge is 0.246 e. The van der Waals surface area contributed by atoms with E-state index in [2.05, 4.69) is 54.5 Å². The molecule has 184 valence electrons. The molecule has 3 unspecified atom stereocenters. The summed E-state index contributed by atoms with van der Waals surface area (Å²) in [6.07, 6.45) is 6.35. The van der Waals surface area contributed by atoms with Gasteiger partial charge in [-0.3, -0.25) is 9.69 Å². The van der Waals surface area contributed by atoms with Crippen molar-refractivity contribution in [3.63, 3.8) is 0 Å². The molecule has 2 saturated heterocycles. The lowest BCUT2D eigenvalue weighted by atomic mass is 9.82. The fourth-order valence-corrected chi connectivity index (χ4v) is 5.26. The van der Waals surface area contributed by atoms with Crippen molar-refractivity contribution in [3.8, 4) is 0 Å². The van der Waals surface area contributed by atoms with Crippen LogP contribution in [0.15, 0.2) is 30.3 Å². The lowest BCUT2D eigenvalue weighted by Crippen LogP contribution is -2.64. The normalized spacial score (nSPS) is 32.7. The van der Waals surface area contributed by atoms with Gasteiger partial charge in [0.25, 0.3) is 0 Å². The molecule has 2 N–H and O–H groups in total. The van der Waals surface area contributed by atoms with Crippen LogP contribution in [-0.2, 0) is 19.1 Å². The fraction of sp³-hybridized carbons (Fsp3) is 0.692.